The number of hydrogen-bond acceptors (Lipinski definition) is 3. The van der Waals surface area contributed by atoms with Gasteiger partial charge >= 0.3 is 0 Å². The Morgan fingerprint density at radius 3 is 2.46 bits per heavy atom. The van der Waals surface area contributed by atoms with Gasteiger partial charge < -0.3 is 0 Å². The van der Waals surface area contributed by atoms with Crippen molar-refractivity contribution in [2.24, 2.45) is 0 Å². The summed E-state index contributed by atoms with van der Waals surface area (Å²) in [4.78, 5) is 4.09. The van der Waals surface area contributed by atoms with Gasteiger partial charge in [0.1, 0.15) is 5.82 Å². The lowest BCUT2D eigenvalue weighted by atomic mass is 10.4. The molecule has 0 saturated heterocycles. The molecular weight excluding hydrogens is 188 g/mol. The molecule has 0 radical (unpaired) electrons. The lowest BCUT2D eigenvalue weighted by Gasteiger charge is -2.15. The molecule has 0 fully saturated rings. The lowest BCUT2D eigenvalue weighted by Crippen LogP contribution is -2.25. The van der Waals surface area contributed by atoms with Crippen molar-refractivity contribution in [2.45, 2.75) is 6.92 Å². The minimum absolute atomic E-state index is 0.447. The van der Waals surface area contributed by atoms with Crippen molar-refractivity contribution >= 4 is 15.8 Å². The molecule has 0 atom stereocenters. The van der Waals surface area contributed by atoms with Gasteiger partial charge in [-0.1, -0.05) is 6.07 Å². The Labute approximate surface area is 78.3 Å². The van der Waals surface area contributed by atoms with Gasteiger partial charge in [-0.25, -0.2) is 13.4 Å². The first kappa shape index (κ1) is 9.98. The van der Waals surface area contributed by atoms with Gasteiger partial charge in [0.05, 0.1) is 6.26 Å². The zero-order valence-electron chi connectivity index (χ0n) is 7.85. The number of pyridine rings is 1. The van der Waals surface area contributed by atoms with Crippen molar-refractivity contribution in [3.63, 3.8) is 0 Å². The molecule has 4 nitrogen and oxygen atoms in total. The second kappa shape index (κ2) is 3.33. The van der Waals surface area contributed by atoms with Crippen molar-refractivity contribution in [2.75, 3.05) is 17.6 Å². The maximum Gasteiger partial charge on any atom is 0.233 e. The summed E-state index contributed by atoms with van der Waals surface area (Å²) in [5, 5.41) is 0. The van der Waals surface area contributed by atoms with E-state index >= 15 is 0 Å². The summed E-state index contributed by atoms with van der Waals surface area (Å²) in [7, 11) is -1.72. The molecular formula is C8H12N2O2S. The monoisotopic (exact) mass is 200 g/mol. The lowest BCUT2D eigenvalue weighted by molar-refractivity contribution is 0.600. The third-order valence-electron chi connectivity index (χ3n) is 1.69. The van der Waals surface area contributed by atoms with E-state index in [1.54, 1.807) is 12.1 Å². The van der Waals surface area contributed by atoms with Crippen LogP contribution in [0.3, 0.4) is 0 Å². The van der Waals surface area contributed by atoms with Crippen molar-refractivity contribution in [1.82, 2.24) is 4.98 Å². The Hall–Kier alpha value is -1.10. The van der Waals surface area contributed by atoms with Crippen LogP contribution in [0.15, 0.2) is 18.2 Å². The summed E-state index contributed by atoms with van der Waals surface area (Å²) in [6, 6.07) is 5.26. The fourth-order valence-electron chi connectivity index (χ4n) is 0.874. The number of aryl methyl sites for hydroxylation is 1. The molecule has 0 aliphatic rings. The van der Waals surface area contributed by atoms with Crippen molar-refractivity contribution in [1.29, 1.82) is 0 Å². The van der Waals surface area contributed by atoms with E-state index < -0.39 is 10.0 Å². The van der Waals surface area contributed by atoms with Crippen LogP contribution in [0.5, 0.6) is 0 Å². The molecule has 1 aromatic heterocycles. The molecule has 1 heterocycles. The number of hydrogen-bond donors (Lipinski definition) is 0. The van der Waals surface area contributed by atoms with Crippen LogP contribution in [-0.4, -0.2) is 26.7 Å². The van der Waals surface area contributed by atoms with E-state index in [2.05, 4.69) is 4.98 Å². The number of anilines is 1. The summed E-state index contributed by atoms with van der Waals surface area (Å²) in [6.07, 6.45) is 1.15. The van der Waals surface area contributed by atoms with Gasteiger partial charge in [0.2, 0.25) is 10.0 Å². The smallest absolute Gasteiger partial charge is 0.233 e. The fourth-order valence-corrected chi connectivity index (χ4v) is 1.32. The molecule has 0 amide bonds. The Morgan fingerprint density at radius 1 is 1.38 bits per heavy atom. The predicted molar refractivity (Wildman–Crippen MR) is 52.2 cm³/mol. The highest BCUT2D eigenvalue weighted by atomic mass is 32.2. The van der Waals surface area contributed by atoms with E-state index in [9.17, 15) is 8.42 Å². The second-order valence-corrected chi connectivity index (χ2v) is 4.88. The predicted octanol–water partition coefficient (Wildman–Crippen LogP) is 0.786. The molecule has 72 valence electrons. The van der Waals surface area contributed by atoms with Crippen LogP contribution in [0.2, 0.25) is 0 Å². The topological polar surface area (TPSA) is 50.3 Å². The summed E-state index contributed by atoms with van der Waals surface area (Å²) in [6.45, 7) is 1.82. The van der Waals surface area contributed by atoms with E-state index in [0.29, 0.717) is 5.82 Å². The molecule has 1 rings (SSSR count). The molecule has 5 heteroatoms. The highest BCUT2D eigenvalue weighted by molar-refractivity contribution is 7.92. The van der Waals surface area contributed by atoms with Gasteiger partial charge in [-0.15, -0.1) is 0 Å². The van der Waals surface area contributed by atoms with Crippen LogP contribution in [0.1, 0.15) is 5.69 Å². The SMILES string of the molecule is Cc1cccc(N(C)S(C)(=O)=O)n1. The van der Waals surface area contributed by atoms with Crippen LogP contribution in [0.25, 0.3) is 0 Å². The number of aromatic nitrogens is 1. The van der Waals surface area contributed by atoms with Crippen molar-refractivity contribution < 1.29 is 8.42 Å². The normalized spacial score (nSPS) is 11.3. The summed E-state index contributed by atoms with van der Waals surface area (Å²) >= 11 is 0. The molecule has 0 aromatic carbocycles. The van der Waals surface area contributed by atoms with Crippen LogP contribution in [-0.2, 0) is 10.0 Å². The van der Waals surface area contributed by atoms with Crippen LogP contribution in [0.4, 0.5) is 5.82 Å². The van der Waals surface area contributed by atoms with Gasteiger partial charge in [0.15, 0.2) is 0 Å². The minimum Gasteiger partial charge on any atom is -0.257 e. The van der Waals surface area contributed by atoms with Crippen LogP contribution < -0.4 is 4.31 Å². The molecule has 1 aromatic rings. The summed E-state index contributed by atoms with van der Waals surface area (Å²) in [5.41, 5.74) is 0.799. The average molecular weight is 200 g/mol. The second-order valence-electron chi connectivity index (χ2n) is 2.87. The van der Waals surface area contributed by atoms with Gasteiger partial charge in [0, 0.05) is 12.7 Å². The number of sulfonamides is 1. The minimum atomic E-state index is -3.20. The fraction of sp³-hybridized carbons (Fsp3) is 0.375. The maximum absolute atomic E-state index is 11.1. The van der Waals surface area contributed by atoms with Gasteiger partial charge in [-0.2, -0.15) is 0 Å². The first-order chi connectivity index (χ1) is 5.91. The largest absolute Gasteiger partial charge is 0.257 e. The van der Waals surface area contributed by atoms with E-state index in [4.69, 9.17) is 0 Å². The van der Waals surface area contributed by atoms with Gasteiger partial charge in [-0.3, -0.25) is 4.31 Å². The Bertz CT molecular complexity index is 400. The summed E-state index contributed by atoms with van der Waals surface area (Å²) in [5.74, 6) is 0.447. The Kier molecular flexibility index (Phi) is 2.56. The van der Waals surface area contributed by atoms with Gasteiger partial charge in [0.25, 0.3) is 0 Å². The van der Waals surface area contributed by atoms with E-state index in [-0.39, 0.29) is 0 Å². The third-order valence-corrected chi connectivity index (χ3v) is 2.88. The van der Waals surface area contributed by atoms with E-state index in [0.717, 1.165) is 16.3 Å². The molecule has 0 bridgehead atoms. The number of nitrogens with zero attached hydrogens (tertiary/aromatic N) is 2. The maximum atomic E-state index is 11.1. The molecule has 0 saturated carbocycles. The van der Waals surface area contributed by atoms with Crippen molar-refractivity contribution in [3.05, 3.63) is 23.9 Å². The quantitative estimate of drug-likeness (QED) is 0.709. The van der Waals surface area contributed by atoms with Crippen LogP contribution >= 0.6 is 0 Å². The highest BCUT2D eigenvalue weighted by Crippen LogP contribution is 2.11. The Balaban J connectivity index is 3.10. The van der Waals surface area contributed by atoms with Crippen molar-refractivity contribution in [3.8, 4) is 0 Å². The van der Waals surface area contributed by atoms with E-state index in [1.807, 2.05) is 13.0 Å². The van der Waals surface area contributed by atoms with Crippen LogP contribution in [0, 0.1) is 6.92 Å². The van der Waals surface area contributed by atoms with E-state index in [1.165, 1.54) is 7.05 Å². The molecule has 0 aliphatic heterocycles. The number of rotatable bonds is 2. The molecule has 0 aliphatic carbocycles. The first-order valence-electron chi connectivity index (χ1n) is 3.79. The average Bonchev–Trinajstić information content (AvgIpc) is 2.01. The molecule has 0 N–H and O–H groups in total. The highest BCUT2D eigenvalue weighted by Gasteiger charge is 2.12. The standard InChI is InChI=1S/C8H12N2O2S/c1-7-5-4-6-8(9-7)10(2)13(3,11)12/h4-6H,1-3H3. The zero-order valence-corrected chi connectivity index (χ0v) is 8.67. The summed E-state index contributed by atoms with van der Waals surface area (Å²) < 4.78 is 23.4. The first-order valence-corrected chi connectivity index (χ1v) is 5.63. The third kappa shape index (κ3) is 2.42. The molecule has 13 heavy (non-hydrogen) atoms. The Morgan fingerprint density at radius 2 is 2.00 bits per heavy atom. The van der Waals surface area contributed by atoms with Gasteiger partial charge in [-0.05, 0) is 19.1 Å². The molecule has 0 spiro atoms. The zero-order chi connectivity index (χ0) is 10.1. The molecule has 0 unspecified atom stereocenters.